The van der Waals surface area contributed by atoms with Gasteiger partial charge in [0, 0.05) is 12.8 Å². The van der Waals surface area contributed by atoms with E-state index in [0.29, 0.717) is 18.9 Å². The highest BCUT2D eigenvalue weighted by Gasteiger charge is 2.33. The van der Waals surface area contributed by atoms with Crippen LogP contribution in [-0.2, 0) is 15.8 Å². The average Bonchev–Trinajstić information content (AvgIpc) is 2.58. The van der Waals surface area contributed by atoms with Gasteiger partial charge in [-0.1, -0.05) is 0 Å². The highest BCUT2D eigenvalue weighted by Crippen LogP contribution is 2.33. The first-order valence-electron chi connectivity index (χ1n) is 6.31. The fourth-order valence-corrected chi connectivity index (χ4v) is 2.18. The van der Waals surface area contributed by atoms with E-state index in [1.807, 2.05) is 0 Å². The Morgan fingerprint density at radius 1 is 1.10 bits per heavy atom. The van der Waals surface area contributed by atoms with Crippen molar-refractivity contribution in [1.29, 1.82) is 5.26 Å². The summed E-state index contributed by atoms with van der Waals surface area (Å²) in [6.07, 6.45) is -3.22. The lowest BCUT2D eigenvalue weighted by Crippen LogP contribution is -2.35. The number of nitrogens with zero attached hydrogens (tertiary/aromatic N) is 2. The van der Waals surface area contributed by atoms with Crippen LogP contribution in [0.15, 0.2) is 18.2 Å². The van der Waals surface area contributed by atoms with Crippen molar-refractivity contribution < 1.29 is 22.8 Å². The quantitative estimate of drug-likeness (QED) is 0.748. The van der Waals surface area contributed by atoms with E-state index in [1.165, 1.54) is 0 Å². The Hall–Kier alpha value is -2.36. The molecule has 1 aliphatic rings. The highest BCUT2D eigenvalue weighted by molar-refractivity contribution is 6.16. The van der Waals surface area contributed by atoms with Gasteiger partial charge in [0.15, 0.2) is 0 Å². The molecule has 1 fully saturated rings. The molecule has 110 valence electrons. The van der Waals surface area contributed by atoms with Crippen molar-refractivity contribution in [3.05, 3.63) is 29.3 Å². The summed E-state index contributed by atoms with van der Waals surface area (Å²) in [4.78, 5) is 24.7. The van der Waals surface area contributed by atoms with Gasteiger partial charge in [-0.2, -0.15) is 18.4 Å². The molecule has 0 aliphatic carbocycles. The minimum Gasteiger partial charge on any atom is -0.274 e. The van der Waals surface area contributed by atoms with Crippen LogP contribution in [0.25, 0.3) is 0 Å². The first-order valence-corrected chi connectivity index (χ1v) is 6.31. The van der Waals surface area contributed by atoms with Gasteiger partial charge in [-0.05, 0) is 31.0 Å². The third-order valence-electron chi connectivity index (χ3n) is 3.22. The number of hydrogen-bond donors (Lipinski definition) is 0. The van der Waals surface area contributed by atoms with Crippen LogP contribution in [0.1, 0.15) is 36.8 Å². The zero-order valence-corrected chi connectivity index (χ0v) is 10.9. The number of benzene rings is 1. The van der Waals surface area contributed by atoms with Gasteiger partial charge in [0.1, 0.15) is 6.07 Å². The molecule has 1 aromatic rings. The number of alkyl halides is 3. The maximum Gasteiger partial charge on any atom is 0.416 e. The van der Waals surface area contributed by atoms with E-state index >= 15 is 0 Å². The minimum absolute atomic E-state index is 0.0811. The van der Waals surface area contributed by atoms with Crippen molar-refractivity contribution in [1.82, 2.24) is 0 Å². The van der Waals surface area contributed by atoms with Crippen molar-refractivity contribution in [2.75, 3.05) is 4.90 Å². The van der Waals surface area contributed by atoms with Crippen LogP contribution in [0.4, 0.5) is 18.9 Å². The van der Waals surface area contributed by atoms with Gasteiger partial charge in [-0.3, -0.25) is 9.59 Å². The molecular weight excluding hydrogens is 285 g/mol. The largest absolute Gasteiger partial charge is 0.416 e. The summed E-state index contributed by atoms with van der Waals surface area (Å²) in [5.74, 6) is -0.984. The summed E-state index contributed by atoms with van der Waals surface area (Å²) < 4.78 is 37.9. The van der Waals surface area contributed by atoms with E-state index in [2.05, 4.69) is 0 Å². The van der Waals surface area contributed by atoms with Gasteiger partial charge < -0.3 is 0 Å². The number of imide groups is 1. The number of nitriles is 1. The fraction of sp³-hybridized carbons (Fsp3) is 0.357. The zero-order chi connectivity index (χ0) is 15.6. The Bertz CT molecular complexity index is 614. The van der Waals surface area contributed by atoms with Crippen molar-refractivity contribution in [3.63, 3.8) is 0 Å². The summed E-state index contributed by atoms with van der Waals surface area (Å²) in [5.41, 5.74) is -1.41. The molecule has 0 spiro atoms. The molecule has 0 bridgehead atoms. The van der Waals surface area contributed by atoms with Crippen LogP contribution in [0.3, 0.4) is 0 Å². The number of halogens is 3. The van der Waals surface area contributed by atoms with Crippen molar-refractivity contribution >= 4 is 17.5 Å². The number of anilines is 1. The van der Waals surface area contributed by atoms with Gasteiger partial charge in [-0.15, -0.1) is 0 Å². The number of amides is 2. The first kappa shape index (κ1) is 15.0. The summed E-state index contributed by atoms with van der Waals surface area (Å²) in [6, 6.07) is 4.04. The van der Waals surface area contributed by atoms with E-state index in [4.69, 9.17) is 5.26 Å². The molecule has 0 saturated carbocycles. The Morgan fingerprint density at radius 2 is 1.67 bits per heavy atom. The predicted octanol–water partition coefficient (Wildman–Crippen LogP) is 3.01. The minimum atomic E-state index is -4.59. The van der Waals surface area contributed by atoms with E-state index < -0.39 is 23.6 Å². The molecule has 21 heavy (non-hydrogen) atoms. The van der Waals surface area contributed by atoms with Gasteiger partial charge in [0.25, 0.3) is 0 Å². The predicted molar refractivity (Wildman–Crippen MR) is 67.1 cm³/mol. The monoisotopic (exact) mass is 296 g/mol. The van der Waals surface area contributed by atoms with Crippen LogP contribution in [-0.4, -0.2) is 11.8 Å². The van der Waals surface area contributed by atoms with Crippen molar-refractivity contribution in [2.24, 2.45) is 0 Å². The maximum absolute atomic E-state index is 12.6. The molecule has 0 unspecified atom stereocenters. The topological polar surface area (TPSA) is 61.2 Å². The molecule has 2 amide bonds. The number of carbonyl (C=O) groups excluding carboxylic acids is 2. The molecule has 0 N–H and O–H groups in total. The molecule has 1 saturated heterocycles. The van der Waals surface area contributed by atoms with E-state index in [0.717, 1.165) is 17.0 Å². The van der Waals surface area contributed by atoms with Crippen LogP contribution >= 0.6 is 0 Å². The standard InChI is InChI=1S/C14H11F3N2O2/c15-14(16,17)10-5-6-11(9(7-10)8-18)19-12(20)3-1-2-4-13(19)21/h5-7H,1-4H2. The van der Waals surface area contributed by atoms with Gasteiger partial charge in [-0.25, -0.2) is 4.90 Å². The maximum atomic E-state index is 12.6. The molecule has 1 aromatic carbocycles. The lowest BCUT2D eigenvalue weighted by atomic mass is 10.1. The molecular formula is C14H11F3N2O2. The second-order valence-corrected chi connectivity index (χ2v) is 4.67. The third kappa shape index (κ3) is 3.05. The highest BCUT2D eigenvalue weighted by atomic mass is 19.4. The zero-order valence-electron chi connectivity index (χ0n) is 10.9. The van der Waals surface area contributed by atoms with Crippen molar-refractivity contribution in [2.45, 2.75) is 31.9 Å². The van der Waals surface area contributed by atoms with Crippen LogP contribution in [0.5, 0.6) is 0 Å². The normalized spacial score (nSPS) is 16.6. The number of hydrogen-bond acceptors (Lipinski definition) is 3. The summed E-state index contributed by atoms with van der Waals surface area (Å²) in [7, 11) is 0. The van der Waals surface area contributed by atoms with E-state index in [-0.39, 0.29) is 24.1 Å². The second kappa shape index (κ2) is 5.56. The first-order chi connectivity index (χ1) is 9.84. The second-order valence-electron chi connectivity index (χ2n) is 4.67. The summed E-state index contributed by atoms with van der Waals surface area (Å²) >= 11 is 0. The summed E-state index contributed by atoms with van der Waals surface area (Å²) in [5, 5.41) is 9.02. The van der Waals surface area contributed by atoms with E-state index in [9.17, 15) is 22.8 Å². The van der Waals surface area contributed by atoms with E-state index in [1.54, 1.807) is 6.07 Å². The molecule has 7 heteroatoms. The molecule has 0 aromatic heterocycles. The Labute approximate surface area is 118 Å². The molecule has 4 nitrogen and oxygen atoms in total. The molecule has 2 rings (SSSR count). The lowest BCUT2D eigenvalue weighted by Gasteiger charge is -2.20. The fourth-order valence-electron chi connectivity index (χ4n) is 2.18. The molecule has 0 atom stereocenters. The SMILES string of the molecule is N#Cc1cc(C(F)(F)F)ccc1N1C(=O)CCCCC1=O. The van der Waals surface area contributed by atoms with Gasteiger partial charge >= 0.3 is 6.18 Å². The summed E-state index contributed by atoms with van der Waals surface area (Å²) in [6.45, 7) is 0. The number of rotatable bonds is 1. The number of carbonyl (C=O) groups is 2. The molecule has 1 heterocycles. The van der Waals surface area contributed by atoms with Crippen LogP contribution in [0.2, 0.25) is 0 Å². The Kier molecular flexibility index (Phi) is 3.98. The third-order valence-corrected chi connectivity index (χ3v) is 3.22. The Morgan fingerprint density at radius 3 is 2.14 bits per heavy atom. The smallest absolute Gasteiger partial charge is 0.274 e. The average molecular weight is 296 g/mol. The van der Waals surface area contributed by atoms with Crippen LogP contribution in [0, 0.1) is 11.3 Å². The van der Waals surface area contributed by atoms with Crippen molar-refractivity contribution in [3.8, 4) is 6.07 Å². The van der Waals surface area contributed by atoms with Crippen LogP contribution < -0.4 is 4.90 Å². The Balaban J connectivity index is 2.50. The molecule has 0 radical (unpaired) electrons. The lowest BCUT2D eigenvalue weighted by molar-refractivity contribution is -0.137. The van der Waals surface area contributed by atoms with Gasteiger partial charge in [0.2, 0.25) is 11.8 Å². The molecule has 1 aliphatic heterocycles. The van der Waals surface area contributed by atoms with Gasteiger partial charge in [0.05, 0.1) is 16.8 Å².